The molecule has 0 spiro atoms. The van der Waals surface area contributed by atoms with Crippen molar-refractivity contribution in [1.82, 2.24) is 4.98 Å². The minimum Gasteiger partial charge on any atom is -0.495 e. The fraction of sp³-hybridized carbons (Fsp3) is 0.308. The molecule has 0 fully saturated rings. The highest BCUT2D eigenvalue weighted by Crippen LogP contribution is 2.32. The normalized spacial score (nSPS) is 11.2. The highest BCUT2D eigenvalue weighted by molar-refractivity contribution is 6.34. The molecule has 0 N–H and O–H groups in total. The van der Waals surface area contributed by atoms with Crippen molar-refractivity contribution in [3.8, 4) is 11.5 Å². The van der Waals surface area contributed by atoms with Crippen LogP contribution in [0.3, 0.4) is 0 Å². The Bertz CT molecular complexity index is 1130. The largest absolute Gasteiger partial charge is 0.495 e. The Hall–Kier alpha value is -2.76. The van der Waals surface area contributed by atoms with E-state index in [1.807, 2.05) is 37.3 Å². The van der Waals surface area contributed by atoms with Crippen molar-refractivity contribution in [2.24, 2.45) is 0 Å². The number of methoxy groups -OCH3 is 1. The van der Waals surface area contributed by atoms with E-state index in [0.717, 1.165) is 16.9 Å². The van der Waals surface area contributed by atoms with Gasteiger partial charge in [0.2, 0.25) is 0 Å². The zero-order valence-corrected chi connectivity index (χ0v) is 21.0. The SMILES string of the molecule is CCOc1ccc(CN(C(=O)c2cc(C(C)(C)C)cnc2Cl)c2ccc(OC)c(Cl)c2)cc1. The molecule has 1 amide bonds. The number of aromatic nitrogens is 1. The van der Waals surface area contributed by atoms with E-state index >= 15 is 0 Å². The number of hydrogen-bond acceptors (Lipinski definition) is 4. The van der Waals surface area contributed by atoms with Crippen molar-refractivity contribution in [1.29, 1.82) is 0 Å². The minimum atomic E-state index is -0.270. The molecular formula is C26H28Cl2N2O3. The first kappa shape index (κ1) is 24.9. The molecule has 0 aliphatic carbocycles. The molecule has 0 aliphatic rings. The molecule has 0 aliphatic heterocycles. The van der Waals surface area contributed by atoms with E-state index in [1.54, 1.807) is 36.4 Å². The Labute approximate surface area is 205 Å². The number of carbonyl (C=O) groups excluding carboxylic acids is 1. The van der Waals surface area contributed by atoms with E-state index in [0.29, 0.717) is 35.2 Å². The van der Waals surface area contributed by atoms with Gasteiger partial charge in [0.15, 0.2) is 0 Å². The maximum Gasteiger partial charge on any atom is 0.261 e. The molecule has 0 atom stereocenters. The van der Waals surface area contributed by atoms with Crippen LogP contribution in [0, 0.1) is 0 Å². The molecule has 0 saturated carbocycles. The van der Waals surface area contributed by atoms with Gasteiger partial charge in [-0.1, -0.05) is 56.1 Å². The van der Waals surface area contributed by atoms with Crippen molar-refractivity contribution in [2.75, 3.05) is 18.6 Å². The average Bonchev–Trinajstić information content (AvgIpc) is 2.78. The smallest absolute Gasteiger partial charge is 0.261 e. The van der Waals surface area contributed by atoms with Crippen molar-refractivity contribution in [2.45, 2.75) is 39.7 Å². The minimum absolute atomic E-state index is 0.157. The molecule has 0 radical (unpaired) electrons. The van der Waals surface area contributed by atoms with Crippen LogP contribution >= 0.6 is 23.2 Å². The fourth-order valence-electron chi connectivity index (χ4n) is 3.30. The van der Waals surface area contributed by atoms with Gasteiger partial charge in [-0.25, -0.2) is 4.98 Å². The quantitative estimate of drug-likeness (QED) is 0.339. The van der Waals surface area contributed by atoms with Gasteiger partial charge in [-0.15, -0.1) is 0 Å². The van der Waals surface area contributed by atoms with Gasteiger partial charge in [-0.2, -0.15) is 0 Å². The van der Waals surface area contributed by atoms with Crippen molar-refractivity contribution < 1.29 is 14.3 Å². The van der Waals surface area contributed by atoms with E-state index in [2.05, 4.69) is 25.8 Å². The third-order valence-electron chi connectivity index (χ3n) is 5.20. The first-order chi connectivity index (χ1) is 15.6. The van der Waals surface area contributed by atoms with E-state index in [9.17, 15) is 4.79 Å². The van der Waals surface area contributed by atoms with Crippen LogP contribution in [0.25, 0.3) is 0 Å². The molecule has 0 saturated heterocycles. The summed E-state index contributed by atoms with van der Waals surface area (Å²) in [6, 6.07) is 14.7. The number of rotatable bonds is 7. The monoisotopic (exact) mass is 486 g/mol. The number of ether oxygens (including phenoxy) is 2. The highest BCUT2D eigenvalue weighted by atomic mass is 35.5. The van der Waals surface area contributed by atoms with Crippen LogP contribution in [-0.4, -0.2) is 24.6 Å². The summed E-state index contributed by atoms with van der Waals surface area (Å²) < 4.78 is 10.8. The second-order valence-corrected chi connectivity index (χ2v) is 9.36. The number of benzene rings is 2. The van der Waals surface area contributed by atoms with Gasteiger partial charge in [-0.05, 0) is 59.9 Å². The predicted molar refractivity (Wildman–Crippen MR) is 134 cm³/mol. The lowest BCUT2D eigenvalue weighted by Gasteiger charge is -2.25. The number of halogens is 2. The molecule has 1 heterocycles. The third kappa shape index (κ3) is 5.98. The molecule has 0 unspecified atom stereocenters. The van der Waals surface area contributed by atoms with Crippen LogP contribution < -0.4 is 14.4 Å². The lowest BCUT2D eigenvalue weighted by Crippen LogP contribution is -2.31. The molecule has 5 nitrogen and oxygen atoms in total. The average molecular weight is 487 g/mol. The van der Waals surface area contributed by atoms with Crippen LogP contribution in [0.15, 0.2) is 54.7 Å². The number of hydrogen-bond donors (Lipinski definition) is 0. The molecule has 174 valence electrons. The first-order valence-corrected chi connectivity index (χ1v) is 11.4. The maximum atomic E-state index is 13.8. The molecule has 2 aromatic carbocycles. The van der Waals surface area contributed by atoms with E-state index in [4.69, 9.17) is 32.7 Å². The Morgan fingerprint density at radius 1 is 1.06 bits per heavy atom. The van der Waals surface area contributed by atoms with Crippen LogP contribution in [0.5, 0.6) is 11.5 Å². The van der Waals surface area contributed by atoms with Crippen LogP contribution in [-0.2, 0) is 12.0 Å². The van der Waals surface area contributed by atoms with Crippen LogP contribution in [0.4, 0.5) is 5.69 Å². The Morgan fingerprint density at radius 3 is 2.33 bits per heavy atom. The fourth-order valence-corrected chi connectivity index (χ4v) is 3.73. The topological polar surface area (TPSA) is 51.7 Å². The molecule has 33 heavy (non-hydrogen) atoms. The Balaban J connectivity index is 2.05. The number of nitrogens with zero attached hydrogens (tertiary/aromatic N) is 2. The summed E-state index contributed by atoms with van der Waals surface area (Å²) in [6.07, 6.45) is 1.71. The van der Waals surface area contributed by atoms with Gasteiger partial charge in [0, 0.05) is 11.9 Å². The number of amides is 1. The van der Waals surface area contributed by atoms with Gasteiger partial charge >= 0.3 is 0 Å². The lowest BCUT2D eigenvalue weighted by atomic mass is 9.87. The van der Waals surface area contributed by atoms with Crippen LogP contribution in [0.1, 0.15) is 49.2 Å². The van der Waals surface area contributed by atoms with Crippen LogP contribution in [0.2, 0.25) is 10.2 Å². The molecule has 3 rings (SSSR count). The summed E-state index contributed by atoms with van der Waals surface area (Å²) >= 11 is 12.8. The summed E-state index contributed by atoms with van der Waals surface area (Å²) in [5.41, 5.74) is 2.62. The predicted octanol–water partition coefficient (Wildman–Crippen LogP) is 6.94. The van der Waals surface area contributed by atoms with Crippen molar-refractivity contribution >= 4 is 34.8 Å². The van der Waals surface area contributed by atoms with Gasteiger partial charge in [0.05, 0.1) is 30.8 Å². The molecule has 1 aromatic heterocycles. The summed E-state index contributed by atoms with van der Waals surface area (Å²) in [7, 11) is 1.55. The van der Waals surface area contributed by atoms with E-state index in [-0.39, 0.29) is 16.5 Å². The first-order valence-electron chi connectivity index (χ1n) is 10.7. The van der Waals surface area contributed by atoms with Gasteiger partial charge in [0.25, 0.3) is 5.91 Å². The summed E-state index contributed by atoms with van der Waals surface area (Å²) in [4.78, 5) is 19.7. The lowest BCUT2D eigenvalue weighted by molar-refractivity contribution is 0.0984. The molecule has 7 heteroatoms. The van der Waals surface area contributed by atoms with Gasteiger partial charge in [0.1, 0.15) is 16.7 Å². The molecule has 0 bridgehead atoms. The number of pyridine rings is 1. The van der Waals surface area contributed by atoms with E-state index < -0.39 is 0 Å². The third-order valence-corrected chi connectivity index (χ3v) is 5.80. The summed E-state index contributed by atoms with van der Waals surface area (Å²) in [6.45, 7) is 9.02. The zero-order chi connectivity index (χ0) is 24.2. The van der Waals surface area contributed by atoms with E-state index in [1.165, 1.54) is 0 Å². The second kappa shape index (κ2) is 10.4. The second-order valence-electron chi connectivity index (χ2n) is 8.60. The molecule has 3 aromatic rings. The standard InChI is InChI=1S/C26H28Cl2N2O3/c1-6-33-20-10-7-17(8-11-20)16-30(19-9-12-23(32-5)22(27)14-19)25(31)21-13-18(26(2,3)4)15-29-24(21)28/h7-15H,6,16H2,1-5H3. The van der Waals surface area contributed by atoms with Crippen molar-refractivity contribution in [3.63, 3.8) is 0 Å². The number of carbonyl (C=O) groups is 1. The zero-order valence-electron chi connectivity index (χ0n) is 19.5. The number of anilines is 1. The Morgan fingerprint density at radius 2 is 1.76 bits per heavy atom. The van der Waals surface area contributed by atoms with Gasteiger partial charge < -0.3 is 14.4 Å². The summed E-state index contributed by atoms with van der Waals surface area (Å²) in [5, 5.41) is 0.566. The summed E-state index contributed by atoms with van der Waals surface area (Å²) in [5.74, 6) is 1.04. The highest BCUT2D eigenvalue weighted by Gasteiger charge is 2.25. The van der Waals surface area contributed by atoms with Crippen molar-refractivity contribution in [3.05, 3.63) is 81.6 Å². The maximum absolute atomic E-state index is 13.8. The Kier molecular flexibility index (Phi) is 7.88. The molecular weight excluding hydrogens is 459 g/mol. The van der Waals surface area contributed by atoms with Gasteiger partial charge in [-0.3, -0.25) is 4.79 Å².